The Hall–Kier alpha value is -2.79. The summed E-state index contributed by atoms with van der Waals surface area (Å²) < 4.78 is 45.6. The van der Waals surface area contributed by atoms with Crippen molar-refractivity contribution in [1.82, 2.24) is 14.1 Å². The largest absolute Gasteiger partial charge is 0.493 e. The standard InChI is InChI=1S/C23H34N4O6S/c1-15-7-10-26(11-8-15)34(29,30)23-16(2)25-27(17(23)3)12-9-21(28)24-18-13-19(31-4)22(33-6)20(14-18)32-5/h13-15H,7-12H2,1-6H3,(H,24,28). The van der Waals surface area contributed by atoms with Crippen molar-refractivity contribution in [2.24, 2.45) is 5.92 Å². The molecule has 0 radical (unpaired) electrons. The van der Waals surface area contributed by atoms with Gasteiger partial charge in [0.1, 0.15) is 4.90 Å². The van der Waals surface area contributed by atoms with Crippen LogP contribution in [0.15, 0.2) is 17.0 Å². The molecule has 0 spiro atoms. The monoisotopic (exact) mass is 494 g/mol. The maximum absolute atomic E-state index is 13.3. The zero-order chi connectivity index (χ0) is 25.0. The molecule has 0 aliphatic carbocycles. The quantitative estimate of drug-likeness (QED) is 0.570. The van der Waals surface area contributed by atoms with Crippen molar-refractivity contribution < 1.29 is 27.4 Å². The highest BCUT2D eigenvalue weighted by Gasteiger charge is 2.33. The predicted octanol–water partition coefficient (Wildman–Crippen LogP) is 2.98. The van der Waals surface area contributed by atoms with Gasteiger partial charge in [-0.25, -0.2) is 8.42 Å². The minimum absolute atomic E-state index is 0.110. The molecule has 1 aliphatic heterocycles. The molecule has 1 aromatic heterocycles. The van der Waals surface area contributed by atoms with Crippen LogP contribution in [-0.4, -0.2) is 62.8 Å². The van der Waals surface area contributed by atoms with Crippen LogP contribution in [0, 0.1) is 19.8 Å². The fourth-order valence-corrected chi connectivity index (χ4v) is 6.05. The number of amides is 1. The molecule has 0 unspecified atom stereocenters. The van der Waals surface area contributed by atoms with Crippen molar-refractivity contribution in [3.05, 3.63) is 23.5 Å². The van der Waals surface area contributed by atoms with Crippen LogP contribution in [-0.2, 0) is 21.4 Å². The van der Waals surface area contributed by atoms with Gasteiger partial charge in [-0.05, 0) is 32.6 Å². The average Bonchev–Trinajstić information content (AvgIpc) is 3.10. The van der Waals surface area contributed by atoms with E-state index in [9.17, 15) is 13.2 Å². The van der Waals surface area contributed by atoms with E-state index >= 15 is 0 Å². The van der Waals surface area contributed by atoms with E-state index in [-0.39, 0.29) is 23.8 Å². The van der Waals surface area contributed by atoms with E-state index in [0.717, 1.165) is 12.8 Å². The third-order valence-electron chi connectivity index (χ3n) is 6.15. The van der Waals surface area contributed by atoms with Crippen molar-refractivity contribution in [1.29, 1.82) is 0 Å². The lowest BCUT2D eigenvalue weighted by Crippen LogP contribution is -2.38. The van der Waals surface area contributed by atoms with Gasteiger partial charge in [-0.15, -0.1) is 0 Å². The van der Waals surface area contributed by atoms with Gasteiger partial charge in [-0.1, -0.05) is 6.92 Å². The lowest BCUT2D eigenvalue weighted by Gasteiger charge is -2.29. The third-order valence-corrected chi connectivity index (χ3v) is 8.31. The summed E-state index contributed by atoms with van der Waals surface area (Å²) in [4.78, 5) is 12.9. The van der Waals surface area contributed by atoms with E-state index in [1.165, 1.54) is 21.3 Å². The maximum atomic E-state index is 13.3. The highest BCUT2D eigenvalue weighted by molar-refractivity contribution is 7.89. The Balaban J connectivity index is 1.71. The van der Waals surface area contributed by atoms with E-state index in [2.05, 4.69) is 17.3 Å². The summed E-state index contributed by atoms with van der Waals surface area (Å²) in [5.41, 5.74) is 1.48. The van der Waals surface area contributed by atoms with E-state index in [1.54, 1.807) is 35.0 Å². The Morgan fingerprint density at radius 1 is 1.09 bits per heavy atom. The van der Waals surface area contributed by atoms with Crippen LogP contribution < -0.4 is 19.5 Å². The minimum Gasteiger partial charge on any atom is -0.493 e. The number of nitrogens with zero attached hydrogens (tertiary/aromatic N) is 3. The van der Waals surface area contributed by atoms with Crippen LogP contribution in [0.25, 0.3) is 0 Å². The number of carbonyl (C=O) groups is 1. The van der Waals surface area contributed by atoms with Crippen molar-refractivity contribution in [3.63, 3.8) is 0 Å². The van der Waals surface area contributed by atoms with Gasteiger partial charge in [0, 0.05) is 37.3 Å². The first-order valence-electron chi connectivity index (χ1n) is 11.3. The molecule has 10 nitrogen and oxygen atoms in total. The van der Waals surface area contributed by atoms with E-state index < -0.39 is 10.0 Å². The number of nitrogens with one attached hydrogen (secondary N) is 1. The number of carbonyl (C=O) groups excluding carboxylic acids is 1. The number of piperidine rings is 1. The van der Waals surface area contributed by atoms with Gasteiger partial charge in [-0.2, -0.15) is 9.40 Å². The second-order valence-corrected chi connectivity index (χ2v) is 10.4. The molecule has 3 rings (SSSR count). The third kappa shape index (κ3) is 5.30. The molecule has 0 bridgehead atoms. The van der Waals surface area contributed by atoms with Crippen LogP contribution in [0.4, 0.5) is 5.69 Å². The number of hydrogen-bond acceptors (Lipinski definition) is 7. The molecule has 11 heteroatoms. The lowest BCUT2D eigenvalue weighted by atomic mass is 10.0. The Labute approximate surface area is 201 Å². The highest BCUT2D eigenvalue weighted by Crippen LogP contribution is 2.40. The number of rotatable bonds is 9. The number of aryl methyl sites for hydroxylation is 2. The number of aromatic nitrogens is 2. The number of hydrogen-bond donors (Lipinski definition) is 1. The number of sulfonamides is 1. The fourth-order valence-electron chi connectivity index (χ4n) is 4.21. The molecule has 188 valence electrons. The molecular weight excluding hydrogens is 460 g/mol. The molecule has 2 heterocycles. The van der Waals surface area contributed by atoms with E-state index in [1.807, 2.05) is 0 Å². The Kier molecular flexibility index (Phi) is 8.09. The second-order valence-electron chi connectivity index (χ2n) is 8.52. The number of methoxy groups -OCH3 is 3. The first kappa shape index (κ1) is 25.8. The SMILES string of the molecule is COc1cc(NC(=O)CCn2nc(C)c(S(=O)(=O)N3CCC(C)CC3)c2C)cc(OC)c1OC. The Morgan fingerprint density at radius 2 is 1.68 bits per heavy atom. The fraction of sp³-hybridized carbons (Fsp3) is 0.565. The van der Waals surface area contributed by atoms with Crippen molar-refractivity contribution in [2.45, 2.75) is 51.5 Å². The molecular formula is C23H34N4O6S. The zero-order valence-corrected chi connectivity index (χ0v) is 21.5. The molecule has 0 saturated carbocycles. The smallest absolute Gasteiger partial charge is 0.246 e. The van der Waals surface area contributed by atoms with Crippen LogP contribution in [0.2, 0.25) is 0 Å². The predicted molar refractivity (Wildman–Crippen MR) is 128 cm³/mol. The highest BCUT2D eigenvalue weighted by atomic mass is 32.2. The van der Waals surface area contributed by atoms with E-state index in [0.29, 0.717) is 53.3 Å². The topological polar surface area (TPSA) is 112 Å². The van der Waals surface area contributed by atoms with Gasteiger partial charge in [-0.3, -0.25) is 9.48 Å². The second kappa shape index (κ2) is 10.6. The molecule has 2 aromatic rings. The van der Waals surface area contributed by atoms with Gasteiger partial charge < -0.3 is 19.5 Å². The number of ether oxygens (including phenoxy) is 3. The zero-order valence-electron chi connectivity index (χ0n) is 20.7. The van der Waals surface area contributed by atoms with Gasteiger partial charge in [0.25, 0.3) is 0 Å². The molecule has 1 N–H and O–H groups in total. The van der Waals surface area contributed by atoms with Crippen molar-refractivity contribution >= 4 is 21.6 Å². The van der Waals surface area contributed by atoms with Crippen molar-refractivity contribution in [2.75, 3.05) is 39.7 Å². The molecule has 0 atom stereocenters. The maximum Gasteiger partial charge on any atom is 0.246 e. The molecule has 1 aliphatic rings. The molecule has 1 fully saturated rings. The van der Waals surface area contributed by atoms with Crippen molar-refractivity contribution in [3.8, 4) is 17.2 Å². The van der Waals surface area contributed by atoms with Crippen LogP contribution in [0.1, 0.15) is 37.6 Å². The minimum atomic E-state index is -3.63. The summed E-state index contributed by atoms with van der Waals surface area (Å²) in [6.07, 6.45) is 1.82. The van der Waals surface area contributed by atoms with E-state index in [4.69, 9.17) is 14.2 Å². The molecule has 34 heavy (non-hydrogen) atoms. The van der Waals surface area contributed by atoms with Crippen LogP contribution >= 0.6 is 0 Å². The first-order chi connectivity index (χ1) is 16.1. The number of benzene rings is 1. The van der Waals surface area contributed by atoms with Gasteiger partial charge in [0.15, 0.2) is 11.5 Å². The summed E-state index contributed by atoms with van der Waals surface area (Å²) >= 11 is 0. The van der Waals surface area contributed by atoms with Gasteiger partial charge >= 0.3 is 0 Å². The van der Waals surface area contributed by atoms with Gasteiger partial charge in [0.05, 0.1) is 39.3 Å². The normalized spacial score (nSPS) is 15.2. The summed E-state index contributed by atoms with van der Waals surface area (Å²) in [6.45, 7) is 6.85. The Morgan fingerprint density at radius 3 is 2.21 bits per heavy atom. The summed E-state index contributed by atoms with van der Waals surface area (Å²) in [5, 5.41) is 7.23. The molecule has 1 saturated heterocycles. The lowest BCUT2D eigenvalue weighted by molar-refractivity contribution is -0.116. The first-order valence-corrected chi connectivity index (χ1v) is 12.7. The Bertz CT molecular complexity index is 1110. The average molecular weight is 495 g/mol. The summed E-state index contributed by atoms with van der Waals surface area (Å²) in [5.74, 6) is 1.56. The molecule has 1 amide bonds. The number of anilines is 1. The van der Waals surface area contributed by atoms with Gasteiger partial charge in [0.2, 0.25) is 21.7 Å². The molecule has 1 aromatic carbocycles. The summed E-state index contributed by atoms with van der Waals surface area (Å²) in [7, 11) is 0.886. The van der Waals surface area contributed by atoms with Crippen LogP contribution in [0.5, 0.6) is 17.2 Å². The van der Waals surface area contributed by atoms with Crippen LogP contribution in [0.3, 0.4) is 0 Å². The summed E-state index contributed by atoms with van der Waals surface area (Å²) in [6, 6.07) is 3.29.